The van der Waals surface area contributed by atoms with Crippen LogP contribution in [0.3, 0.4) is 0 Å². The lowest BCUT2D eigenvalue weighted by Crippen LogP contribution is -2.00. The quantitative estimate of drug-likeness (QED) is 0.582. The molecule has 0 aliphatic rings. The van der Waals surface area contributed by atoms with Crippen molar-refractivity contribution in [3.63, 3.8) is 0 Å². The third-order valence-corrected chi connectivity index (χ3v) is 4.14. The molecule has 22 heavy (non-hydrogen) atoms. The van der Waals surface area contributed by atoms with E-state index in [9.17, 15) is 4.79 Å². The van der Waals surface area contributed by atoms with Gasteiger partial charge in [-0.05, 0) is 50.6 Å². The number of nitrogens with zero attached hydrogens (tertiary/aromatic N) is 1. The zero-order valence-corrected chi connectivity index (χ0v) is 14.2. The van der Waals surface area contributed by atoms with Crippen molar-refractivity contribution in [1.29, 1.82) is 0 Å². The van der Waals surface area contributed by atoms with Crippen LogP contribution in [0.4, 0.5) is 0 Å². The van der Waals surface area contributed by atoms with Gasteiger partial charge in [-0.1, -0.05) is 29.3 Å². The molecule has 1 aromatic carbocycles. The number of ether oxygens (including phenoxy) is 1. The summed E-state index contributed by atoms with van der Waals surface area (Å²) in [7, 11) is 0. The van der Waals surface area contributed by atoms with E-state index in [0.29, 0.717) is 16.7 Å². The van der Waals surface area contributed by atoms with Crippen LogP contribution in [0.5, 0.6) is 0 Å². The molecule has 0 spiro atoms. The number of esters is 1. The maximum absolute atomic E-state index is 11.4. The van der Waals surface area contributed by atoms with Gasteiger partial charge in [-0.15, -0.1) is 0 Å². The Balaban J connectivity index is 2.44. The first-order chi connectivity index (χ1) is 10.5. The summed E-state index contributed by atoms with van der Waals surface area (Å²) in [6.07, 6.45) is 3.17. The molecule has 0 N–H and O–H groups in total. The fourth-order valence-corrected chi connectivity index (χ4v) is 2.72. The largest absolute Gasteiger partial charge is 0.463 e. The number of aryl methyl sites for hydroxylation is 1. The van der Waals surface area contributed by atoms with Crippen LogP contribution in [0.25, 0.3) is 11.8 Å². The summed E-state index contributed by atoms with van der Waals surface area (Å²) in [6.45, 7) is 6.08. The number of rotatable bonds is 4. The molecular weight excluding hydrogens is 321 g/mol. The van der Waals surface area contributed by atoms with Crippen molar-refractivity contribution in [2.24, 2.45) is 0 Å². The Morgan fingerprint density at radius 2 is 2.05 bits per heavy atom. The van der Waals surface area contributed by atoms with Gasteiger partial charge in [-0.2, -0.15) is 0 Å². The molecule has 3 nitrogen and oxygen atoms in total. The predicted octanol–water partition coefficient (Wildman–Crippen LogP) is 4.98. The summed E-state index contributed by atoms with van der Waals surface area (Å²) in [5.41, 5.74) is 3.73. The van der Waals surface area contributed by atoms with E-state index in [1.54, 1.807) is 19.1 Å². The van der Waals surface area contributed by atoms with Crippen LogP contribution < -0.4 is 0 Å². The minimum absolute atomic E-state index is 0.354. The summed E-state index contributed by atoms with van der Waals surface area (Å²) in [5.74, 6) is -0.354. The predicted molar refractivity (Wildman–Crippen MR) is 90.9 cm³/mol. The van der Waals surface area contributed by atoms with Crippen molar-refractivity contribution in [1.82, 2.24) is 4.57 Å². The Bertz CT molecular complexity index is 733. The maximum atomic E-state index is 11.4. The molecule has 0 atom stereocenters. The Morgan fingerprint density at radius 3 is 2.73 bits per heavy atom. The second-order valence-electron chi connectivity index (χ2n) is 4.82. The van der Waals surface area contributed by atoms with Gasteiger partial charge < -0.3 is 9.30 Å². The monoisotopic (exact) mass is 337 g/mol. The molecule has 2 rings (SSSR count). The second kappa shape index (κ2) is 7.03. The zero-order valence-electron chi connectivity index (χ0n) is 12.7. The van der Waals surface area contributed by atoms with Crippen LogP contribution in [0.2, 0.25) is 10.0 Å². The van der Waals surface area contributed by atoms with E-state index in [1.165, 1.54) is 6.08 Å². The van der Waals surface area contributed by atoms with Gasteiger partial charge in [0, 0.05) is 17.5 Å². The van der Waals surface area contributed by atoms with Crippen molar-refractivity contribution >= 4 is 35.2 Å². The van der Waals surface area contributed by atoms with E-state index in [0.717, 1.165) is 22.6 Å². The van der Waals surface area contributed by atoms with Gasteiger partial charge in [0.2, 0.25) is 0 Å². The Labute approximate surface area is 140 Å². The fourth-order valence-electron chi connectivity index (χ4n) is 2.34. The summed E-state index contributed by atoms with van der Waals surface area (Å²) in [4.78, 5) is 11.4. The van der Waals surface area contributed by atoms with Crippen molar-refractivity contribution < 1.29 is 9.53 Å². The molecule has 1 heterocycles. The number of hydrogen-bond acceptors (Lipinski definition) is 2. The van der Waals surface area contributed by atoms with Crippen LogP contribution in [-0.2, 0) is 9.53 Å². The highest BCUT2D eigenvalue weighted by Gasteiger charge is 2.13. The van der Waals surface area contributed by atoms with Crippen LogP contribution in [-0.4, -0.2) is 17.1 Å². The highest BCUT2D eigenvalue weighted by atomic mass is 35.5. The first-order valence-corrected chi connectivity index (χ1v) is 7.69. The van der Waals surface area contributed by atoms with E-state index in [-0.39, 0.29) is 5.97 Å². The first-order valence-electron chi connectivity index (χ1n) is 6.93. The third-order valence-electron chi connectivity index (χ3n) is 3.33. The van der Waals surface area contributed by atoms with Gasteiger partial charge >= 0.3 is 5.97 Å². The van der Waals surface area contributed by atoms with Crippen molar-refractivity contribution in [2.45, 2.75) is 20.8 Å². The zero-order chi connectivity index (χ0) is 16.3. The lowest BCUT2D eigenvalue weighted by atomic mass is 10.2. The second-order valence-corrected chi connectivity index (χ2v) is 5.61. The van der Waals surface area contributed by atoms with Crippen LogP contribution >= 0.6 is 23.2 Å². The smallest absolute Gasteiger partial charge is 0.330 e. The minimum Gasteiger partial charge on any atom is -0.463 e. The first kappa shape index (κ1) is 16.7. The molecule has 0 unspecified atom stereocenters. The SMILES string of the molecule is CCOC(=O)C=Cc1cc(C)n(-c2cccc(Cl)c2Cl)c1C. The van der Waals surface area contributed by atoms with E-state index in [2.05, 4.69) is 0 Å². The molecular formula is C17H17Cl2NO2. The minimum atomic E-state index is -0.354. The highest BCUT2D eigenvalue weighted by molar-refractivity contribution is 6.43. The number of carbonyl (C=O) groups is 1. The molecule has 0 fully saturated rings. The summed E-state index contributed by atoms with van der Waals surface area (Å²) in [6, 6.07) is 7.51. The molecule has 0 radical (unpaired) electrons. The third kappa shape index (κ3) is 3.37. The normalized spacial score (nSPS) is 11.1. The van der Waals surface area contributed by atoms with Crippen LogP contribution in [0, 0.1) is 13.8 Å². The molecule has 2 aromatic rings. The molecule has 5 heteroatoms. The number of hydrogen-bond donors (Lipinski definition) is 0. The van der Waals surface area contributed by atoms with Gasteiger partial charge in [0.15, 0.2) is 0 Å². The molecule has 1 aromatic heterocycles. The Morgan fingerprint density at radius 1 is 1.32 bits per heavy atom. The van der Waals surface area contributed by atoms with E-state index in [4.69, 9.17) is 27.9 Å². The number of benzene rings is 1. The van der Waals surface area contributed by atoms with Gasteiger partial charge in [0.25, 0.3) is 0 Å². The molecule has 0 aliphatic heterocycles. The topological polar surface area (TPSA) is 31.2 Å². The standard InChI is InChI=1S/C17H17Cl2NO2/c1-4-22-16(21)9-8-13-10-11(2)20(12(13)3)15-7-5-6-14(18)17(15)19/h5-10H,4H2,1-3H3. The number of aromatic nitrogens is 1. The van der Waals surface area contributed by atoms with Crippen LogP contribution in [0.15, 0.2) is 30.3 Å². The average molecular weight is 338 g/mol. The lowest BCUT2D eigenvalue weighted by molar-refractivity contribution is -0.137. The summed E-state index contributed by atoms with van der Waals surface area (Å²) < 4.78 is 6.90. The summed E-state index contributed by atoms with van der Waals surface area (Å²) in [5, 5.41) is 1.02. The van der Waals surface area contributed by atoms with Gasteiger partial charge in [0.1, 0.15) is 0 Å². The van der Waals surface area contributed by atoms with E-state index in [1.807, 2.05) is 36.6 Å². The van der Waals surface area contributed by atoms with Crippen LogP contribution in [0.1, 0.15) is 23.9 Å². The van der Waals surface area contributed by atoms with Gasteiger partial charge in [-0.3, -0.25) is 0 Å². The summed E-state index contributed by atoms with van der Waals surface area (Å²) >= 11 is 12.4. The van der Waals surface area contributed by atoms with E-state index >= 15 is 0 Å². The lowest BCUT2D eigenvalue weighted by Gasteiger charge is -2.12. The average Bonchev–Trinajstić information content (AvgIpc) is 2.75. The molecule has 0 saturated heterocycles. The van der Waals surface area contributed by atoms with Crippen molar-refractivity contribution in [3.05, 3.63) is 57.3 Å². The Hall–Kier alpha value is -1.71. The highest BCUT2D eigenvalue weighted by Crippen LogP contribution is 2.31. The van der Waals surface area contributed by atoms with Gasteiger partial charge in [0.05, 0.1) is 22.3 Å². The van der Waals surface area contributed by atoms with Gasteiger partial charge in [-0.25, -0.2) is 4.79 Å². The molecule has 0 saturated carbocycles. The van der Waals surface area contributed by atoms with Crippen molar-refractivity contribution in [3.8, 4) is 5.69 Å². The maximum Gasteiger partial charge on any atom is 0.330 e. The van der Waals surface area contributed by atoms with Crippen molar-refractivity contribution in [2.75, 3.05) is 6.61 Å². The number of halogens is 2. The Kier molecular flexibility index (Phi) is 5.33. The molecule has 0 bridgehead atoms. The number of carbonyl (C=O) groups excluding carboxylic acids is 1. The molecule has 0 aliphatic carbocycles. The molecule has 116 valence electrons. The van der Waals surface area contributed by atoms with E-state index < -0.39 is 0 Å². The fraction of sp³-hybridized carbons (Fsp3) is 0.235. The molecule has 0 amide bonds.